The van der Waals surface area contributed by atoms with Gasteiger partial charge in [-0.3, -0.25) is 14.6 Å². The highest BCUT2D eigenvalue weighted by Gasteiger charge is 2.29. The summed E-state index contributed by atoms with van der Waals surface area (Å²) < 4.78 is 0. The SMILES string of the molecule is Cc1[nH]c(=O)[nH]c(=O)c1CCC(=O)N1CCC[C@H]1c1ccsc1. The van der Waals surface area contributed by atoms with Crippen molar-refractivity contribution in [1.29, 1.82) is 0 Å². The first-order chi connectivity index (χ1) is 11.1. The first-order valence-corrected chi connectivity index (χ1v) is 8.64. The molecular weight excluding hydrogens is 314 g/mol. The summed E-state index contributed by atoms with van der Waals surface area (Å²) in [5.41, 5.74) is 1.28. The first kappa shape index (κ1) is 15.7. The van der Waals surface area contributed by atoms with Gasteiger partial charge in [-0.2, -0.15) is 11.3 Å². The van der Waals surface area contributed by atoms with Crippen molar-refractivity contribution in [2.45, 2.75) is 38.6 Å². The molecule has 6 nitrogen and oxygen atoms in total. The standard InChI is InChI=1S/C16H19N3O3S/c1-10-12(15(21)18-16(22)17-10)4-5-14(20)19-7-2-3-13(19)11-6-8-23-9-11/h6,8-9,13H,2-5,7H2,1H3,(H2,17,18,21,22)/t13-/m0/s1. The lowest BCUT2D eigenvalue weighted by atomic mass is 10.1. The Morgan fingerprint density at radius 3 is 2.91 bits per heavy atom. The number of hydrogen-bond acceptors (Lipinski definition) is 4. The van der Waals surface area contributed by atoms with Gasteiger partial charge in [-0.15, -0.1) is 0 Å². The highest BCUT2D eigenvalue weighted by Crippen LogP contribution is 2.33. The van der Waals surface area contributed by atoms with Crippen LogP contribution in [0.1, 0.15) is 42.1 Å². The number of amides is 1. The maximum atomic E-state index is 12.6. The number of thiophene rings is 1. The summed E-state index contributed by atoms with van der Waals surface area (Å²) in [5, 5.41) is 4.12. The van der Waals surface area contributed by atoms with E-state index in [4.69, 9.17) is 0 Å². The zero-order chi connectivity index (χ0) is 16.4. The van der Waals surface area contributed by atoms with Gasteiger partial charge in [0.2, 0.25) is 5.91 Å². The van der Waals surface area contributed by atoms with E-state index in [1.165, 1.54) is 5.56 Å². The van der Waals surface area contributed by atoms with Crippen LogP contribution >= 0.6 is 11.3 Å². The highest BCUT2D eigenvalue weighted by molar-refractivity contribution is 7.07. The van der Waals surface area contributed by atoms with Gasteiger partial charge < -0.3 is 9.88 Å². The van der Waals surface area contributed by atoms with Gasteiger partial charge in [-0.1, -0.05) is 0 Å². The molecule has 0 bridgehead atoms. The van der Waals surface area contributed by atoms with Gasteiger partial charge in [0.25, 0.3) is 5.56 Å². The van der Waals surface area contributed by atoms with Crippen LogP contribution in [0.2, 0.25) is 0 Å². The van der Waals surface area contributed by atoms with E-state index in [9.17, 15) is 14.4 Å². The summed E-state index contributed by atoms with van der Waals surface area (Å²) in [6.07, 6.45) is 2.60. The number of H-pyrrole nitrogens is 2. The number of rotatable bonds is 4. The van der Waals surface area contributed by atoms with E-state index in [0.717, 1.165) is 19.4 Å². The molecule has 1 fully saturated rings. The van der Waals surface area contributed by atoms with Crippen LogP contribution in [0.4, 0.5) is 0 Å². The van der Waals surface area contributed by atoms with Crippen molar-refractivity contribution >= 4 is 17.2 Å². The molecule has 0 spiro atoms. The minimum absolute atomic E-state index is 0.0590. The molecule has 3 rings (SSSR count). The molecule has 7 heteroatoms. The molecule has 0 unspecified atom stereocenters. The Morgan fingerprint density at radius 2 is 2.22 bits per heavy atom. The Bertz CT molecular complexity index is 807. The Morgan fingerprint density at radius 1 is 1.39 bits per heavy atom. The summed E-state index contributed by atoms with van der Waals surface area (Å²) in [5.74, 6) is 0.0590. The fourth-order valence-corrected chi connectivity index (χ4v) is 3.89. The van der Waals surface area contributed by atoms with Gasteiger partial charge in [0.15, 0.2) is 0 Å². The lowest BCUT2D eigenvalue weighted by Crippen LogP contribution is -2.32. The molecular formula is C16H19N3O3S. The lowest BCUT2D eigenvalue weighted by molar-refractivity contribution is -0.132. The molecule has 3 heterocycles. The highest BCUT2D eigenvalue weighted by atomic mass is 32.1. The molecule has 2 aromatic heterocycles. The van der Waals surface area contributed by atoms with Gasteiger partial charge in [-0.25, -0.2) is 4.79 Å². The third-order valence-electron chi connectivity index (χ3n) is 4.34. The van der Waals surface area contributed by atoms with Crippen molar-refractivity contribution in [3.63, 3.8) is 0 Å². The van der Waals surface area contributed by atoms with Gasteiger partial charge in [0.1, 0.15) is 0 Å². The molecule has 23 heavy (non-hydrogen) atoms. The lowest BCUT2D eigenvalue weighted by Gasteiger charge is -2.24. The van der Waals surface area contributed by atoms with E-state index >= 15 is 0 Å². The monoisotopic (exact) mass is 333 g/mol. The molecule has 122 valence electrons. The predicted octanol–water partition coefficient (Wildman–Crippen LogP) is 1.73. The smallest absolute Gasteiger partial charge is 0.325 e. The van der Waals surface area contributed by atoms with Crippen molar-refractivity contribution < 1.29 is 4.79 Å². The Kier molecular flexibility index (Phi) is 4.47. The summed E-state index contributed by atoms with van der Waals surface area (Å²) in [6.45, 7) is 2.45. The number of carbonyl (C=O) groups is 1. The van der Waals surface area contributed by atoms with Crippen LogP contribution < -0.4 is 11.2 Å². The van der Waals surface area contributed by atoms with Crippen molar-refractivity contribution in [3.05, 3.63) is 54.5 Å². The maximum absolute atomic E-state index is 12.6. The van der Waals surface area contributed by atoms with E-state index < -0.39 is 11.2 Å². The van der Waals surface area contributed by atoms with Crippen LogP contribution in [0.25, 0.3) is 0 Å². The molecule has 1 atom stereocenters. The summed E-state index contributed by atoms with van der Waals surface area (Å²) >= 11 is 1.64. The maximum Gasteiger partial charge on any atom is 0.325 e. The van der Waals surface area contributed by atoms with Gasteiger partial charge in [0, 0.05) is 24.2 Å². The number of aryl methyl sites for hydroxylation is 1. The van der Waals surface area contributed by atoms with Crippen LogP contribution in [0.3, 0.4) is 0 Å². The van der Waals surface area contributed by atoms with E-state index in [-0.39, 0.29) is 18.4 Å². The largest absolute Gasteiger partial charge is 0.336 e. The van der Waals surface area contributed by atoms with Crippen LogP contribution in [0.5, 0.6) is 0 Å². The average molecular weight is 333 g/mol. The van der Waals surface area contributed by atoms with Gasteiger partial charge in [0.05, 0.1) is 6.04 Å². The molecule has 0 aliphatic carbocycles. The third kappa shape index (κ3) is 3.29. The zero-order valence-electron chi connectivity index (χ0n) is 12.9. The predicted molar refractivity (Wildman–Crippen MR) is 88.7 cm³/mol. The number of aromatic amines is 2. The number of aromatic nitrogens is 2. The first-order valence-electron chi connectivity index (χ1n) is 7.70. The molecule has 0 aromatic carbocycles. The second-order valence-corrected chi connectivity index (χ2v) is 6.59. The second-order valence-electron chi connectivity index (χ2n) is 5.81. The van der Waals surface area contributed by atoms with Crippen molar-refractivity contribution in [2.75, 3.05) is 6.54 Å². The number of likely N-dealkylation sites (tertiary alicyclic amines) is 1. The molecule has 0 radical (unpaired) electrons. The van der Waals surface area contributed by atoms with Crippen LogP contribution in [0, 0.1) is 6.92 Å². The summed E-state index contributed by atoms with van der Waals surface area (Å²) in [7, 11) is 0. The molecule has 2 aromatic rings. The van der Waals surface area contributed by atoms with Crippen LogP contribution in [-0.2, 0) is 11.2 Å². The fraction of sp³-hybridized carbons (Fsp3) is 0.438. The minimum atomic E-state index is -0.514. The average Bonchev–Trinajstić information content (AvgIpc) is 3.16. The summed E-state index contributed by atoms with van der Waals surface area (Å²) in [4.78, 5) is 42.3. The molecule has 0 saturated carbocycles. The molecule has 1 aliphatic heterocycles. The van der Waals surface area contributed by atoms with Gasteiger partial charge in [-0.05, 0) is 48.6 Å². The number of nitrogens with zero attached hydrogens (tertiary/aromatic N) is 1. The van der Waals surface area contributed by atoms with E-state index in [2.05, 4.69) is 21.4 Å². The number of carbonyl (C=O) groups excluding carboxylic acids is 1. The van der Waals surface area contributed by atoms with Crippen molar-refractivity contribution in [3.8, 4) is 0 Å². The third-order valence-corrected chi connectivity index (χ3v) is 5.05. The molecule has 1 amide bonds. The van der Waals surface area contributed by atoms with Crippen LogP contribution in [-0.4, -0.2) is 27.3 Å². The Labute approximate surface area is 137 Å². The molecule has 2 N–H and O–H groups in total. The van der Waals surface area contributed by atoms with E-state index in [1.807, 2.05) is 10.3 Å². The second kappa shape index (κ2) is 6.54. The van der Waals surface area contributed by atoms with Crippen molar-refractivity contribution in [2.24, 2.45) is 0 Å². The molecule has 1 saturated heterocycles. The Balaban J connectivity index is 1.70. The minimum Gasteiger partial charge on any atom is -0.336 e. The van der Waals surface area contributed by atoms with E-state index in [1.54, 1.807) is 18.3 Å². The van der Waals surface area contributed by atoms with E-state index in [0.29, 0.717) is 17.7 Å². The van der Waals surface area contributed by atoms with Crippen molar-refractivity contribution in [1.82, 2.24) is 14.9 Å². The number of hydrogen-bond donors (Lipinski definition) is 2. The zero-order valence-corrected chi connectivity index (χ0v) is 13.7. The van der Waals surface area contributed by atoms with Crippen LogP contribution in [0.15, 0.2) is 26.4 Å². The quantitative estimate of drug-likeness (QED) is 0.893. The topological polar surface area (TPSA) is 86.0 Å². The Hall–Kier alpha value is -2.15. The summed E-state index contributed by atoms with van der Waals surface area (Å²) in [6, 6.07) is 2.22. The number of nitrogens with one attached hydrogen (secondary N) is 2. The fourth-order valence-electron chi connectivity index (χ4n) is 3.18. The van der Waals surface area contributed by atoms with Gasteiger partial charge >= 0.3 is 5.69 Å². The normalized spacial score (nSPS) is 17.6. The molecule has 1 aliphatic rings.